The van der Waals surface area contributed by atoms with Gasteiger partial charge in [0.2, 0.25) is 10.0 Å². The highest BCUT2D eigenvalue weighted by Crippen LogP contribution is 2.35. The lowest BCUT2D eigenvalue weighted by Crippen LogP contribution is -2.51. The first-order chi connectivity index (χ1) is 14.9. The fraction of sp³-hybridized carbons (Fsp3) is 0.208. The van der Waals surface area contributed by atoms with E-state index in [9.17, 15) is 13.2 Å². The number of carbonyl (C=O) groups is 1. The number of rotatable bonds is 6. The lowest BCUT2D eigenvalue weighted by Gasteiger charge is -2.36. The van der Waals surface area contributed by atoms with Crippen molar-refractivity contribution >= 4 is 21.6 Å². The molecule has 1 heterocycles. The molecular formula is C24H24N2O4S. The molecular weight excluding hydrogens is 412 g/mol. The van der Waals surface area contributed by atoms with Crippen LogP contribution < -0.4 is 9.04 Å². The van der Waals surface area contributed by atoms with Gasteiger partial charge < -0.3 is 9.64 Å². The molecule has 3 aromatic carbocycles. The molecule has 1 aliphatic heterocycles. The third-order valence-corrected chi connectivity index (χ3v) is 6.30. The number of ether oxygens (including phenoxy) is 1. The Morgan fingerprint density at radius 3 is 1.97 bits per heavy atom. The van der Waals surface area contributed by atoms with Crippen LogP contribution in [0.5, 0.6) is 5.75 Å². The third-order valence-electron chi connectivity index (χ3n) is 5.15. The number of anilines is 1. The second-order valence-electron chi connectivity index (χ2n) is 7.53. The molecule has 1 atom stereocenters. The van der Waals surface area contributed by atoms with Crippen molar-refractivity contribution in [1.82, 2.24) is 4.90 Å². The maximum absolute atomic E-state index is 13.6. The normalized spacial score (nSPS) is 15.6. The Balaban J connectivity index is 1.64. The average Bonchev–Trinajstić information content (AvgIpc) is 2.78. The Hall–Kier alpha value is -3.32. The highest BCUT2D eigenvalue weighted by molar-refractivity contribution is 7.92. The highest BCUT2D eigenvalue weighted by atomic mass is 32.2. The summed E-state index contributed by atoms with van der Waals surface area (Å²) in [5.41, 5.74) is 2.43. The summed E-state index contributed by atoms with van der Waals surface area (Å²) in [5, 5.41) is 0. The van der Waals surface area contributed by atoms with Crippen molar-refractivity contribution in [1.29, 1.82) is 0 Å². The topological polar surface area (TPSA) is 66.9 Å². The highest BCUT2D eigenvalue weighted by Gasteiger charge is 2.37. The van der Waals surface area contributed by atoms with Gasteiger partial charge in [-0.2, -0.15) is 0 Å². The van der Waals surface area contributed by atoms with Crippen molar-refractivity contribution < 1.29 is 17.9 Å². The van der Waals surface area contributed by atoms with Gasteiger partial charge in [-0.05, 0) is 23.3 Å². The van der Waals surface area contributed by atoms with Crippen LogP contribution in [0, 0.1) is 0 Å². The summed E-state index contributed by atoms with van der Waals surface area (Å²) >= 11 is 0. The summed E-state index contributed by atoms with van der Waals surface area (Å²) < 4.78 is 32.1. The summed E-state index contributed by atoms with van der Waals surface area (Å²) in [5.74, 6) is 0.132. The van der Waals surface area contributed by atoms with Gasteiger partial charge in [-0.1, -0.05) is 72.8 Å². The van der Waals surface area contributed by atoms with E-state index in [1.165, 1.54) is 4.31 Å². The average molecular weight is 437 g/mol. The monoisotopic (exact) mass is 436 g/mol. The molecule has 31 heavy (non-hydrogen) atoms. The van der Waals surface area contributed by atoms with Gasteiger partial charge in [-0.25, -0.2) is 8.42 Å². The molecule has 0 N–H and O–H groups in total. The largest absolute Gasteiger partial charge is 0.476 e. The van der Waals surface area contributed by atoms with Gasteiger partial charge in [0.05, 0.1) is 18.5 Å². The number of para-hydroxylation sites is 2. The molecule has 0 radical (unpaired) electrons. The number of hydrogen-bond donors (Lipinski definition) is 0. The first-order valence-electron chi connectivity index (χ1n) is 10.0. The zero-order chi connectivity index (χ0) is 21.8. The van der Waals surface area contributed by atoms with E-state index in [0.717, 1.165) is 17.4 Å². The van der Waals surface area contributed by atoms with Crippen molar-refractivity contribution in [2.24, 2.45) is 0 Å². The smallest absolute Gasteiger partial charge is 0.266 e. The number of carbonyl (C=O) groups excluding carboxylic acids is 1. The fourth-order valence-corrected chi connectivity index (χ4v) is 4.58. The molecule has 0 saturated heterocycles. The van der Waals surface area contributed by atoms with Gasteiger partial charge in [0.1, 0.15) is 5.75 Å². The van der Waals surface area contributed by atoms with Crippen molar-refractivity contribution in [3.8, 4) is 5.75 Å². The van der Waals surface area contributed by atoms with E-state index in [2.05, 4.69) is 0 Å². The maximum atomic E-state index is 13.6. The summed E-state index contributed by atoms with van der Waals surface area (Å²) in [6.07, 6.45) is 0.208. The van der Waals surface area contributed by atoms with E-state index in [1.807, 2.05) is 60.7 Å². The standard InChI is InChI=1S/C24H24N2O4S/c1-31(28,29)26-18-23(30-22-15-9-8-14-21(22)26)24(27)25(16-19-10-4-2-5-11-19)17-20-12-6-3-7-13-20/h2-15,23H,16-18H2,1H3/t23-/m0/s1. The van der Waals surface area contributed by atoms with E-state index < -0.39 is 16.1 Å². The maximum Gasteiger partial charge on any atom is 0.266 e. The van der Waals surface area contributed by atoms with Gasteiger partial charge in [0.15, 0.2) is 6.10 Å². The van der Waals surface area contributed by atoms with Crippen molar-refractivity contribution in [3.05, 3.63) is 96.1 Å². The quantitative estimate of drug-likeness (QED) is 0.594. The van der Waals surface area contributed by atoms with Crippen LogP contribution in [0.25, 0.3) is 0 Å². The van der Waals surface area contributed by atoms with E-state index >= 15 is 0 Å². The lowest BCUT2D eigenvalue weighted by molar-refractivity contribution is -0.139. The van der Waals surface area contributed by atoms with Crippen LogP contribution in [0.3, 0.4) is 0 Å². The molecule has 0 aromatic heterocycles. The van der Waals surface area contributed by atoms with Gasteiger partial charge in [0.25, 0.3) is 5.91 Å². The van der Waals surface area contributed by atoms with E-state index in [1.54, 1.807) is 29.2 Å². The number of sulfonamides is 1. The number of benzene rings is 3. The fourth-order valence-electron chi connectivity index (χ4n) is 3.67. The van der Waals surface area contributed by atoms with E-state index in [-0.39, 0.29) is 12.5 Å². The molecule has 4 rings (SSSR count). The van der Waals surface area contributed by atoms with Crippen LogP contribution >= 0.6 is 0 Å². The lowest BCUT2D eigenvalue weighted by atomic mass is 10.1. The van der Waals surface area contributed by atoms with Gasteiger partial charge >= 0.3 is 0 Å². The number of amides is 1. The Kier molecular flexibility index (Phi) is 5.95. The predicted octanol–water partition coefficient (Wildman–Crippen LogP) is 3.44. The molecule has 0 unspecified atom stereocenters. The zero-order valence-electron chi connectivity index (χ0n) is 17.2. The minimum Gasteiger partial charge on any atom is -0.476 e. The van der Waals surface area contributed by atoms with Crippen LogP contribution in [0.1, 0.15) is 11.1 Å². The molecule has 0 aliphatic carbocycles. The number of fused-ring (bicyclic) bond motifs is 1. The van der Waals surface area contributed by atoms with Crippen LogP contribution in [-0.2, 0) is 27.9 Å². The molecule has 0 fully saturated rings. The molecule has 3 aromatic rings. The molecule has 6 nitrogen and oxygen atoms in total. The summed E-state index contributed by atoms with van der Waals surface area (Å²) in [6.45, 7) is 0.735. The number of hydrogen-bond acceptors (Lipinski definition) is 4. The van der Waals surface area contributed by atoms with Gasteiger partial charge in [-0.3, -0.25) is 9.10 Å². The van der Waals surface area contributed by atoms with Gasteiger partial charge in [0, 0.05) is 13.1 Å². The third kappa shape index (κ3) is 4.88. The Bertz CT molecular complexity index is 1110. The molecule has 7 heteroatoms. The SMILES string of the molecule is CS(=O)(=O)N1C[C@@H](C(=O)N(Cc2ccccc2)Cc2ccccc2)Oc2ccccc21. The predicted molar refractivity (Wildman–Crippen MR) is 120 cm³/mol. The second-order valence-corrected chi connectivity index (χ2v) is 9.44. The van der Waals surface area contributed by atoms with E-state index in [4.69, 9.17) is 4.74 Å². The first-order valence-corrected chi connectivity index (χ1v) is 11.9. The molecule has 0 spiro atoms. The van der Waals surface area contributed by atoms with Crippen LogP contribution in [0.15, 0.2) is 84.9 Å². The van der Waals surface area contributed by atoms with Crippen LogP contribution in [0.2, 0.25) is 0 Å². The molecule has 1 amide bonds. The minimum absolute atomic E-state index is 0.0608. The number of nitrogens with zero attached hydrogens (tertiary/aromatic N) is 2. The first kappa shape index (κ1) is 20.9. The molecule has 1 aliphatic rings. The molecule has 160 valence electrons. The van der Waals surface area contributed by atoms with E-state index in [0.29, 0.717) is 24.5 Å². The Labute approximate surface area is 182 Å². The summed E-state index contributed by atoms with van der Waals surface area (Å²) in [6, 6.07) is 26.3. The second kappa shape index (κ2) is 8.81. The van der Waals surface area contributed by atoms with Crippen LogP contribution in [-0.4, -0.2) is 38.1 Å². The Morgan fingerprint density at radius 2 is 1.42 bits per heavy atom. The zero-order valence-corrected chi connectivity index (χ0v) is 18.0. The minimum atomic E-state index is -3.57. The molecule has 0 bridgehead atoms. The molecule has 0 saturated carbocycles. The van der Waals surface area contributed by atoms with Crippen LogP contribution in [0.4, 0.5) is 5.69 Å². The Morgan fingerprint density at radius 1 is 0.903 bits per heavy atom. The van der Waals surface area contributed by atoms with Crippen molar-refractivity contribution in [3.63, 3.8) is 0 Å². The van der Waals surface area contributed by atoms with Crippen molar-refractivity contribution in [2.75, 3.05) is 17.1 Å². The van der Waals surface area contributed by atoms with Crippen molar-refractivity contribution in [2.45, 2.75) is 19.2 Å². The van der Waals surface area contributed by atoms with Gasteiger partial charge in [-0.15, -0.1) is 0 Å². The summed E-state index contributed by atoms with van der Waals surface area (Å²) in [7, 11) is -3.57. The summed E-state index contributed by atoms with van der Waals surface area (Å²) in [4.78, 5) is 15.3.